The molecule has 1 N–H and O–H groups in total. The monoisotopic (exact) mass is 277 g/mol. The minimum Gasteiger partial charge on any atom is -0.321 e. The van der Waals surface area contributed by atoms with E-state index in [1.807, 2.05) is 67.7 Å². The lowest BCUT2D eigenvalue weighted by Gasteiger charge is -2.01. The lowest BCUT2D eigenvalue weighted by atomic mass is 10.1. The van der Waals surface area contributed by atoms with Crippen LogP contribution in [0.15, 0.2) is 66.7 Å². The van der Waals surface area contributed by atoms with Gasteiger partial charge in [0, 0.05) is 12.7 Å². The van der Waals surface area contributed by atoms with Crippen molar-refractivity contribution in [3.05, 3.63) is 72.4 Å². The van der Waals surface area contributed by atoms with E-state index in [1.165, 1.54) is 0 Å². The summed E-state index contributed by atoms with van der Waals surface area (Å²) in [6.45, 7) is 0. The number of benzene rings is 2. The number of amides is 1. The number of carbonyl (C=O) groups is 1. The molecular weight excluding hydrogens is 262 g/mol. The molecule has 0 aliphatic heterocycles. The van der Waals surface area contributed by atoms with Gasteiger partial charge in [-0.15, -0.1) is 0 Å². The van der Waals surface area contributed by atoms with Crippen LogP contribution in [0.4, 0.5) is 5.69 Å². The molecule has 0 unspecified atom stereocenters. The molecule has 0 radical (unpaired) electrons. The standard InChI is InChI=1S/C17H15N3O/c1-20-16(13-8-4-2-5-9-13)12-15(19-20)17(21)18-14-10-6-3-7-11-14/h2-12H,1H3,(H,18,21). The van der Waals surface area contributed by atoms with E-state index in [1.54, 1.807) is 10.7 Å². The van der Waals surface area contributed by atoms with Gasteiger partial charge >= 0.3 is 0 Å². The van der Waals surface area contributed by atoms with Crippen molar-refractivity contribution in [3.63, 3.8) is 0 Å². The number of aromatic nitrogens is 2. The summed E-state index contributed by atoms with van der Waals surface area (Å²) in [6.07, 6.45) is 0. The second kappa shape index (κ2) is 5.63. The van der Waals surface area contributed by atoms with Crippen LogP contribution in [-0.4, -0.2) is 15.7 Å². The normalized spacial score (nSPS) is 10.3. The van der Waals surface area contributed by atoms with Crippen LogP contribution >= 0.6 is 0 Å². The molecule has 0 aliphatic rings. The van der Waals surface area contributed by atoms with E-state index < -0.39 is 0 Å². The third-order valence-electron chi connectivity index (χ3n) is 3.21. The zero-order chi connectivity index (χ0) is 14.7. The first kappa shape index (κ1) is 13.1. The van der Waals surface area contributed by atoms with Gasteiger partial charge in [0.15, 0.2) is 5.69 Å². The third kappa shape index (κ3) is 2.84. The first-order valence-electron chi connectivity index (χ1n) is 6.70. The maximum atomic E-state index is 12.2. The van der Waals surface area contributed by atoms with Crippen molar-refractivity contribution in [2.45, 2.75) is 0 Å². The Morgan fingerprint density at radius 3 is 2.29 bits per heavy atom. The number of aryl methyl sites for hydroxylation is 1. The minimum atomic E-state index is -0.209. The molecule has 2 aromatic carbocycles. The Morgan fingerprint density at radius 1 is 1.00 bits per heavy atom. The molecule has 1 amide bonds. The summed E-state index contributed by atoms with van der Waals surface area (Å²) < 4.78 is 1.72. The molecule has 1 heterocycles. The summed E-state index contributed by atoms with van der Waals surface area (Å²) in [5.74, 6) is -0.209. The van der Waals surface area contributed by atoms with Crippen LogP contribution < -0.4 is 5.32 Å². The van der Waals surface area contributed by atoms with Gasteiger partial charge in [-0.1, -0.05) is 48.5 Å². The summed E-state index contributed by atoms with van der Waals surface area (Å²) in [4.78, 5) is 12.2. The molecule has 3 rings (SSSR count). The highest BCUT2D eigenvalue weighted by atomic mass is 16.1. The molecule has 4 heteroatoms. The lowest BCUT2D eigenvalue weighted by molar-refractivity contribution is 0.102. The van der Waals surface area contributed by atoms with Gasteiger partial charge in [0.05, 0.1) is 5.69 Å². The molecule has 4 nitrogen and oxygen atoms in total. The largest absolute Gasteiger partial charge is 0.321 e. The molecule has 0 atom stereocenters. The minimum absolute atomic E-state index is 0.209. The SMILES string of the molecule is Cn1nc(C(=O)Nc2ccccc2)cc1-c1ccccc1. The summed E-state index contributed by atoms with van der Waals surface area (Å²) in [5.41, 5.74) is 3.11. The molecule has 3 aromatic rings. The molecule has 0 bridgehead atoms. The molecule has 0 fully saturated rings. The van der Waals surface area contributed by atoms with Crippen molar-refractivity contribution in [3.8, 4) is 11.3 Å². The average Bonchev–Trinajstić information content (AvgIpc) is 2.91. The molecule has 0 saturated heterocycles. The predicted molar refractivity (Wildman–Crippen MR) is 83.0 cm³/mol. The lowest BCUT2D eigenvalue weighted by Crippen LogP contribution is -2.12. The summed E-state index contributed by atoms with van der Waals surface area (Å²) in [5, 5.41) is 7.12. The van der Waals surface area contributed by atoms with E-state index in [0.29, 0.717) is 5.69 Å². The highest BCUT2D eigenvalue weighted by Gasteiger charge is 2.13. The zero-order valence-corrected chi connectivity index (χ0v) is 11.7. The van der Waals surface area contributed by atoms with E-state index in [-0.39, 0.29) is 5.91 Å². The van der Waals surface area contributed by atoms with Crippen LogP contribution in [0.2, 0.25) is 0 Å². The van der Waals surface area contributed by atoms with E-state index in [4.69, 9.17) is 0 Å². The second-order valence-electron chi connectivity index (χ2n) is 4.72. The van der Waals surface area contributed by atoms with E-state index >= 15 is 0 Å². The predicted octanol–water partition coefficient (Wildman–Crippen LogP) is 3.34. The first-order valence-corrected chi connectivity index (χ1v) is 6.70. The van der Waals surface area contributed by atoms with Crippen LogP contribution in [0, 0.1) is 0 Å². The highest BCUT2D eigenvalue weighted by molar-refractivity contribution is 6.03. The summed E-state index contributed by atoms with van der Waals surface area (Å²) in [6, 6.07) is 21.0. The number of nitrogens with one attached hydrogen (secondary N) is 1. The quantitative estimate of drug-likeness (QED) is 0.798. The maximum Gasteiger partial charge on any atom is 0.276 e. The van der Waals surface area contributed by atoms with E-state index in [2.05, 4.69) is 10.4 Å². The zero-order valence-electron chi connectivity index (χ0n) is 11.7. The summed E-state index contributed by atoms with van der Waals surface area (Å²) >= 11 is 0. The fourth-order valence-electron chi connectivity index (χ4n) is 2.17. The average molecular weight is 277 g/mol. The molecule has 0 aliphatic carbocycles. The van der Waals surface area contributed by atoms with Gasteiger partial charge in [0.2, 0.25) is 0 Å². The fraction of sp³-hybridized carbons (Fsp3) is 0.0588. The Bertz CT molecular complexity index is 748. The van der Waals surface area contributed by atoms with Crippen molar-refractivity contribution < 1.29 is 4.79 Å². The van der Waals surface area contributed by atoms with Crippen LogP contribution in [0.25, 0.3) is 11.3 Å². The first-order chi connectivity index (χ1) is 10.2. The van der Waals surface area contributed by atoms with Gasteiger partial charge in [-0.05, 0) is 23.8 Å². The Balaban J connectivity index is 1.86. The Labute approximate surface area is 123 Å². The van der Waals surface area contributed by atoms with Crippen molar-refractivity contribution in [2.75, 3.05) is 5.32 Å². The highest BCUT2D eigenvalue weighted by Crippen LogP contribution is 2.19. The number of anilines is 1. The number of hydrogen-bond donors (Lipinski definition) is 1. The Kier molecular flexibility index (Phi) is 3.51. The van der Waals surface area contributed by atoms with Gasteiger partial charge in [-0.25, -0.2) is 0 Å². The number of rotatable bonds is 3. The van der Waals surface area contributed by atoms with Gasteiger partial charge in [0.25, 0.3) is 5.91 Å². The topological polar surface area (TPSA) is 46.9 Å². The van der Waals surface area contributed by atoms with Crippen molar-refractivity contribution >= 4 is 11.6 Å². The Morgan fingerprint density at radius 2 is 1.62 bits per heavy atom. The van der Waals surface area contributed by atoms with Crippen molar-refractivity contribution in [1.82, 2.24) is 9.78 Å². The number of nitrogens with zero attached hydrogens (tertiary/aromatic N) is 2. The van der Waals surface area contributed by atoms with Crippen LogP contribution in [0.3, 0.4) is 0 Å². The van der Waals surface area contributed by atoms with Crippen LogP contribution in [0.1, 0.15) is 10.5 Å². The third-order valence-corrected chi connectivity index (χ3v) is 3.21. The Hall–Kier alpha value is -2.88. The van der Waals surface area contributed by atoms with Crippen molar-refractivity contribution in [2.24, 2.45) is 7.05 Å². The maximum absolute atomic E-state index is 12.2. The second-order valence-corrected chi connectivity index (χ2v) is 4.72. The molecular formula is C17H15N3O. The smallest absolute Gasteiger partial charge is 0.276 e. The summed E-state index contributed by atoms with van der Waals surface area (Å²) in [7, 11) is 1.83. The molecule has 0 saturated carbocycles. The molecule has 1 aromatic heterocycles. The van der Waals surface area contributed by atoms with Gasteiger partial charge in [-0.3, -0.25) is 9.48 Å². The fourth-order valence-corrected chi connectivity index (χ4v) is 2.17. The van der Waals surface area contributed by atoms with Crippen LogP contribution in [-0.2, 0) is 7.05 Å². The van der Waals surface area contributed by atoms with Crippen LogP contribution in [0.5, 0.6) is 0 Å². The van der Waals surface area contributed by atoms with Gasteiger partial charge in [-0.2, -0.15) is 5.10 Å². The van der Waals surface area contributed by atoms with Crippen molar-refractivity contribution in [1.29, 1.82) is 0 Å². The van der Waals surface area contributed by atoms with E-state index in [0.717, 1.165) is 16.9 Å². The number of hydrogen-bond acceptors (Lipinski definition) is 2. The van der Waals surface area contributed by atoms with Gasteiger partial charge in [0.1, 0.15) is 0 Å². The molecule has 21 heavy (non-hydrogen) atoms. The molecule has 104 valence electrons. The number of para-hydroxylation sites is 1. The van der Waals surface area contributed by atoms with E-state index in [9.17, 15) is 4.79 Å². The van der Waals surface area contributed by atoms with Gasteiger partial charge < -0.3 is 5.32 Å². The molecule has 0 spiro atoms. The number of carbonyl (C=O) groups excluding carboxylic acids is 1.